The zero-order chi connectivity index (χ0) is 20.9. The van der Waals surface area contributed by atoms with E-state index in [9.17, 15) is 4.79 Å². The van der Waals surface area contributed by atoms with Gasteiger partial charge in [0.2, 0.25) is 5.91 Å². The first kappa shape index (κ1) is 21.1. The summed E-state index contributed by atoms with van der Waals surface area (Å²) in [6.45, 7) is 4.84. The zero-order valence-electron chi connectivity index (χ0n) is 16.8. The van der Waals surface area contributed by atoms with Crippen LogP contribution in [0.5, 0.6) is 0 Å². The van der Waals surface area contributed by atoms with Crippen molar-refractivity contribution in [1.82, 2.24) is 19.7 Å². The predicted octanol–water partition coefficient (Wildman–Crippen LogP) is 4.74. The van der Waals surface area contributed by atoms with Crippen molar-refractivity contribution in [2.24, 2.45) is 0 Å². The van der Waals surface area contributed by atoms with E-state index in [0.717, 1.165) is 46.5 Å². The minimum absolute atomic E-state index is 0.0678. The standard InChI is InChI=1S/C22H24BrN5OS/c1-16(21(29)24-18-9-7-8-17(23)14-18)30-22-26-25-20(15-27-12-5-6-13-27)28(22)19-10-3-2-4-11-19/h2-4,7-11,14,16H,5-6,12-13,15H2,1H3,(H,24,29). The molecule has 8 heteroatoms. The molecule has 0 saturated carbocycles. The number of nitrogens with zero attached hydrogens (tertiary/aromatic N) is 4. The van der Waals surface area contributed by atoms with E-state index in [2.05, 4.69) is 40.9 Å². The van der Waals surface area contributed by atoms with Crippen LogP contribution in [0.3, 0.4) is 0 Å². The number of carbonyl (C=O) groups excluding carboxylic acids is 1. The van der Waals surface area contributed by atoms with Crippen molar-refractivity contribution >= 4 is 39.3 Å². The molecule has 1 fully saturated rings. The molecule has 1 aliphatic heterocycles. The van der Waals surface area contributed by atoms with E-state index in [4.69, 9.17) is 0 Å². The van der Waals surface area contributed by atoms with Crippen molar-refractivity contribution in [2.75, 3.05) is 18.4 Å². The summed E-state index contributed by atoms with van der Waals surface area (Å²) in [4.78, 5) is 15.2. The third kappa shape index (κ3) is 5.11. The number of para-hydroxylation sites is 1. The lowest BCUT2D eigenvalue weighted by Gasteiger charge is -2.17. The molecule has 2 heterocycles. The number of rotatable bonds is 7. The van der Waals surface area contributed by atoms with Gasteiger partial charge >= 0.3 is 0 Å². The number of nitrogens with one attached hydrogen (secondary N) is 1. The Bertz CT molecular complexity index is 1000. The molecule has 0 bridgehead atoms. The summed E-state index contributed by atoms with van der Waals surface area (Å²) in [5, 5.41) is 12.3. The maximum atomic E-state index is 12.7. The van der Waals surface area contributed by atoms with Crippen LogP contribution in [0.2, 0.25) is 0 Å². The van der Waals surface area contributed by atoms with Crippen LogP contribution in [-0.4, -0.2) is 43.9 Å². The van der Waals surface area contributed by atoms with Crippen LogP contribution in [0, 0.1) is 0 Å². The summed E-state index contributed by atoms with van der Waals surface area (Å²) in [7, 11) is 0. The molecule has 156 valence electrons. The Morgan fingerprint density at radius 3 is 2.63 bits per heavy atom. The highest BCUT2D eigenvalue weighted by atomic mass is 79.9. The van der Waals surface area contributed by atoms with Crippen LogP contribution in [0.15, 0.2) is 64.2 Å². The Morgan fingerprint density at radius 1 is 1.13 bits per heavy atom. The molecule has 30 heavy (non-hydrogen) atoms. The molecule has 6 nitrogen and oxygen atoms in total. The van der Waals surface area contributed by atoms with Crippen molar-refractivity contribution in [2.45, 2.75) is 36.7 Å². The van der Waals surface area contributed by atoms with Gasteiger partial charge in [0.05, 0.1) is 11.8 Å². The number of likely N-dealkylation sites (tertiary alicyclic amines) is 1. The van der Waals surface area contributed by atoms with Gasteiger partial charge in [-0.3, -0.25) is 14.3 Å². The molecule has 1 aromatic heterocycles. The minimum atomic E-state index is -0.324. The average molecular weight is 486 g/mol. The van der Waals surface area contributed by atoms with E-state index < -0.39 is 0 Å². The van der Waals surface area contributed by atoms with E-state index in [1.807, 2.05) is 61.5 Å². The molecule has 1 unspecified atom stereocenters. The van der Waals surface area contributed by atoms with E-state index >= 15 is 0 Å². The van der Waals surface area contributed by atoms with Gasteiger partial charge in [-0.15, -0.1) is 10.2 Å². The molecule has 3 aromatic rings. The SMILES string of the molecule is CC(Sc1nnc(CN2CCCC2)n1-c1ccccc1)C(=O)Nc1cccc(Br)c1. The molecule has 4 rings (SSSR count). The predicted molar refractivity (Wildman–Crippen MR) is 124 cm³/mol. The van der Waals surface area contributed by atoms with Gasteiger partial charge in [0.1, 0.15) is 0 Å². The summed E-state index contributed by atoms with van der Waals surface area (Å²) in [5.41, 5.74) is 1.78. The van der Waals surface area contributed by atoms with Crippen LogP contribution in [0.4, 0.5) is 5.69 Å². The fourth-order valence-corrected chi connectivity index (χ4v) is 4.76. The van der Waals surface area contributed by atoms with Crippen molar-refractivity contribution in [3.8, 4) is 5.69 Å². The average Bonchev–Trinajstić information content (AvgIpc) is 3.39. The van der Waals surface area contributed by atoms with Crippen LogP contribution >= 0.6 is 27.7 Å². The van der Waals surface area contributed by atoms with Crippen LogP contribution in [0.25, 0.3) is 5.69 Å². The summed E-state index contributed by atoms with van der Waals surface area (Å²) in [5.74, 6) is 0.840. The number of thioether (sulfide) groups is 1. The molecule has 1 N–H and O–H groups in total. The number of anilines is 1. The van der Waals surface area contributed by atoms with Gasteiger partial charge < -0.3 is 5.32 Å². The second-order valence-corrected chi connectivity index (χ2v) is 9.54. The van der Waals surface area contributed by atoms with Crippen molar-refractivity contribution < 1.29 is 4.79 Å². The lowest BCUT2D eigenvalue weighted by Crippen LogP contribution is -2.23. The lowest BCUT2D eigenvalue weighted by molar-refractivity contribution is -0.115. The first-order valence-electron chi connectivity index (χ1n) is 10.1. The number of hydrogen-bond donors (Lipinski definition) is 1. The van der Waals surface area contributed by atoms with Crippen LogP contribution in [-0.2, 0) is 11.3 Å². The lowest BCUT2D eigenvalue weighted by atomic mass is 10.3. The molecular weight excluding hydrogens is 462 g/mol. The molecule has 2 aromatic carbocycles. The molecule has 1 atom stereocenters. The number of amides is 1. The number of carbonyl (C=O) groups is 1. The Balaban J connectivity index is 1.54. The Morgan fingerprint density at radius 2 is 1.90 bits per heavy atom. The van der Waals surface area contributed by atoms with Crippen molar-refractivity contribution in [3.05, 3.63) is 64.9 Å². The summed E-state index contributed by atoms with van der Waals surface area (Å²) in [6.07, 6.45) is 2.46. The van der Waals surface area contributed by atoms with E-state index in [1.54, 1.807) is 0 Å². The molecule has 0 aliphatic carbocycles. The van der Waals surface area contributed by atoms with Gasteiger partial charge in [-0.25, -0.2) is 0 Å². The molecule has 1 aliphatic rings. The Hall–Kier alpha value is -2.16. The Labute approximate surface area is 189 Å². The number of hydrogen-bond acceptors (Lipinski definition) is 5. The molecule has 1 amide bonds. The van der Waals surface area contributed by atoms with Crippen molar-refractivity contribution in [1.29, 1.82) is 0 Å². The van der Waals surface area contributed by atoms with Crippen LogP contribution < -0.4 is 5.32 Å². The van der Waals surface area contributed by atoms with Gasteiger partial charge in [-0.2, -0.15) is 0 Å². The fraction of sp³-hybridized carbons (Fsp3) is 0.318. The second kappa shape index (κ2) is 9.76. The fourth-order valence-electron chi connectivity index (χ4n) is 3.48. The smallest absolute Gasteiger partial charge is 0.237 e. The summed E-state index contributed by atoms with van der Waals surface area (Å²) >= 11 is 4.86. The normalized spacial score (nSPS) is 15.3. The first-order chi connectivity index (χ1) is 14.6. The highest BCUT2D eigenvalue weighted by Crippen LogP contribution is 2.27. The number of halogens is 1. The van der Waals surface area contributed by atoms with Crippen LogP contribution in [0.1, 0.15) is 25.6 Å². The summed E-state index contributed by atoms with van der Waals surface area (Å²) in [6, 6.07) is 17.7. The molecule has 0 spiro atoms. The van der Waals surface area contributed by atoms with Gasteiger partial charge in [-0.05, 0) is 63.2 Å². The molecule has 1 saturated heterocycles. The maximum Gasteiger partial charge on any atom is 0.237 e. The Kier molecular flexibility index (Phi) is 6.86. The minimum Gasteiger partial charge on any atom is -0.325 e. The van der Waals surface area contributed by atoms with Gasteiger partial charge in [0.15, 0.2) is 11.0 Å². The number of aromatic nitrogens is 3. The highest BCUT2D eigenvalue weighted by molar-refractivity contribution is 9.10. The number of benzene rings is 2. The highest BCUT2D eigenvalue weighted by Gasteiger charge is 2.23. The van der Waals surface area contributed by atoms with E-state index in [-0.39, 0.29) is 11.2 Å². The maximum absolute atomic E-state index is 12.7. The molecular formula is C22H24BrN5OS. The largest absolute Gasteiger partial charge is 0.325 e. The second-order valence-electron chi connectivity index (χ2n) is 7.31. The third-order valence-electron chi connectivity index (χ3n) is 5.02. The molecule has 0 radical (unpaired) electrons. The van der Waals surface area contributed by atoms with Gasteiger partial charge in [0, 0.05) is 15.8 Å². The van der Waals surface area contributed by atoms with Gasteiger partial charge in [-0.1, -0.05) is 52.0 Å². The van der Waals surface area contributed by atoms with E-state index in [0.29, 0.717) is 0 Å². The first-order valence-corrected chi connectivity index (χ1v) is 11.7. The van der Waals surface area contributed by atoms with Crippen molar-refractivity contribution in [3.63, 3.8) is 0 Å². The topological polar surface area (TPSA) is 63.1 Å². The van der Waals surface area contributed by atoms with E-state index in [1.165, 1.54) is 24.6 Å². The zero-order valence-corrected chi connectivity index (χ0v) is 19.2. The third-order valence-corrected chi connectivity index (χ3v) is 6.56. The summed E-state index contributed by atoms with van der Waals surface area (Å²) < 4.78 is 3.00. The quantitative estimate of drug-likeness (QED) is 0.489. The monoisotopic (exact) mass is 485 g/mol. The van der Waals surface area contributed by atoms with Gasteiger partial charge in [0.25, 0.3) is 0 Å².